The van der Waals surface area contributed by atoms with Crippen LogP contribution in [0.25, 0.3) is 0 Å². The Morgan fingerprint density at radius 1 is 1.32 bits per heavy atom. The van der Waals surface area contributed by atoms with Gasteiger partial charge in [0.15, 0.2) is 5.96 Å². The van der Waals surface area contributed by atoms with E-state index in [2.05, 4.69) is 15.6 Å². The Labute approximate surface area is 142 Å². The molecule has 5 nitrogen and oxygen atoms in total. The first-order valence-corrected chi connectivity index (χ1v) is 8.46. The molecule has 8 heteroatoms. The first-order chi connectivity index (χ1) is 10.5. The summed E-state index contributed by atoms with van der Waals surface area (Å²) in [7, 11) is 0. The second-order valence-electron chi connectivity index (χ2n) is 4.98. The number of fused-ring (bicyclic) bond motifs is 1. The second-order valence-corrected chi connectivity index (χ2v) is 6.97. The maximum Gasteiger partial charge on any atom is 0.237 e. The fraction of sp³-hybridized carbons (Fsp3) is 0.286. The Hall–Kier alpha value is -1.37. The number of amides is 1. The van der Waals surface area contributed by atoms with Crippen LogP contribution in [0.5, 0.6) is 0 Å². The van der Waals surface area contributed by atoms with Gasteiger partial charge in [-0.1, -0.05) is 23.2 Å². The number of nitrogens with zero attached hydrogens (tertiary/aromatic N) is 1. The molecule has 2 atom stereocenters. The molecule has 0 fully saturated rings. The van der Waals surface area contributed by atoms with Gasteiger partial charge in [-0.3, -0.25) is 10.1 Å². The van der Waals surface area contributed by atoms with Crippen molar-refractivity contribution in [3.05, 3.63) is 40.0 Å². The highest BCUT2D eigenvalue weighted by Gasteiger charge is 2.35. The summed E-state index contributed by atoms with van der Waals surface area (Å²) in [5, 5.41) is 6.87. The first-order valence-electron chi connectivity index (χ1n) is 6.72. The zero-order chi connectivity index (χ0) is 15.7. The summed E-state index contributed by atoms with van der Waals surface area (Å²) in [6.45, 7) is 0. The second kappa shape index (κ2) is 6.40. The lowest BCUT2D eigenvalue weighted by molar-refractivity contribution is -0.123. The maximum absolute atomic E-state index is 11.8. The van der Waals surface area contributed by atoms with E-state index in [-0.39, 0.29) is 24.0 Å². The molecule has 1 amide bonds. The molecular formula is C14H14Cl2N4OS. The van der Waals surface area contributed by atoms with E-state index in [0.29, 0.717) is 10.0 Å². The Morgan fingerprint density at radius 2 is 2.14 bits per heavy atom. The van der Waals surface area contributed by atoms with Crippen LogP contribution in [-0.4, -0.2) is 23.8 Å². The van der Waals surface area contributed by atoms with Crippen molar-refractivity contribution in [3.63, 3.8) is 0 Å². The zero-order valence-electron chi connectivity index (χ0n) is 11.5. The average molecular weight is 357 g/mol. The predicted octanol–water partition coefficient (Wildman–Crippen LogP) is 2.35. The summed E-state index contributed by atoms with van der Waals surface area (Å²) in [6.07, 6.45) is 2.45. The molecule has 0 bridgehead atoms. The van der Waals surface area contributed by atoms with E-state index in [1.165, 1.54) is 0 Å². The number of carbonyl (C=O) groups is 1. The third kappa shape index (κ3) is 3.34. The smallest absolute Gasteiger partial charge is 0.237 e. The molecule has 116 valence electrons. The highest BCUT2D eigenvalue weighted by Crippen LogP contribution is 2.29. The summed E-state index contributed by atoms with van der Waals surface area (Å²) >= 11 is 13.6. The Bertz CT molecular complexity index is 677. The van der Waals surface area contributed by atoms with Crippen molar-refractivity contribution in [2.24, 2.45) is 16.6 Å². The maximum atomic E-state index is 11.8. The van der Waals surface area contributed by atoms with E-state index in [9.17, 15) is 4.79 Å². The fourth-order valence-electron chi connectivity index (χ4n) is 2.36. The van der Waals surface area contributed by atoms with Crippen molar-refractivity contribution >= 4 is 46.8 Å². The predicted molar refractivity (Wildman–Crippen MR) is 90.1 cm³/mol. The number of aliphatic imine (C=N–C) groups is 1. The number of guanidine groups is 1. The Balaban J connectivity index is 1.56. The van der Waals surface area contributed by atoms with E-state index >= 15 is 0 Å². The summed E-state index contributed by atoms with van der Waals surface area (Å²) < 4.78 is 0. The SMILES string of the molecule is NC1=NC2NC(CCSc3ccc(Cl)c(Cl)c3)=CC2C(=O)N1. The number of nitrogens with one attached hydrogen (secondary N) is 2. The van der Waals surface area contributed by atoms with Crippen LogP contribution in [0.3, 0.4) is 0 Å². The third-order valence-corrected chi connectivity index (χ3v) is 5.15. The average Bonchev–Trinajstić information content (AvgIpc) is 2.86. The fourth-order valence-corrected chi connectivity index (χ4v) is 3.65. The van der Waals surface area contributed by atoms with Crippen molar-refractivity contribution in [3.8, 4) is 0 Å². The number of halogens is 2. The molecule has 0 aromatic heterocycles. The van der Waals surface area contributed by atoms with Gasteiger partial charge in [-0.25, -0.2) is 4.99 Å². The van der Waals surface area contributed by atoms with Gasteiger partial charge in [0.2, 0.25) is 5.91 Å². The van der Waals surface area contributed by atoms with Crippen LogP contribution in [0.2, 0.25) is 10.0 Å². The number of hydrogen-bond acceptors (Lipinski definition) is 5. The lowest BCUT2D eigenvalue weighted by Gasteiger charge is -2.21. The molecule has 0 saturated carbocycles. The molecule has 2 aliphatic heterocycles. The minimum absolute atomic E-state index is 0.114. The van der Waals surface area contributed by atoms with E-state index < -0.39 is 0 Å². The van der Waals surface area contributed by atoms with Crippen LogP contribution in [-0.2, 0) is 4.79 Å². The van der Waals surface area contributed by atoms with Crippen molar-refractivity contribution in [1.82, 2.24) is 10.6 Å². The van der Waals surface area contributed by atoms with Crippen LogP contribution < -0.4 is 16.4 Å². The molecule has 22 heavy (non-hydrogen) atoms. The van der Waals surface area contributed by atoms with Gasteiger partial charge in [-0.15, -0.1) is 11.8 Å². The molecular weight excluding hydrogens is 343 g/mol. The molecule has 2 heterocycles. The van der Waals surface area contributed by atoms with Gasteiger partial charge in [0.05, 0.1) is 16.0 Å². The van der Waals surface area contributed by atoms with E-state index in [1.807, 2.05) is 18.2 Å². The van der Waals surface area contributed by atoms with Gasteiger partial charge in [-0.2, -0.15) is 0 Å². The molecule has 3 rings (SSSR count). The van der Waals surface area contributed by atoms with Crippen molar-refractivity contribution in [1.29, 1.82) is 0 Å². The van der Waals surface area contributed by atoms with Crippen LogP contribution in [0.15, 0.2) is 39.9 Å². The number of carbonyl (C=O) groups excluding carboxylic acids is 1. The van der Waals surface area contributed by atoms with Crippen LogP contribution in [0, 0.1) is 5.92 Å². The lowest BCUT2D eigenvalue weighted by Crippen LogP contribution is -2.50. The number of nitrogens with two attached hydrogens (primary N) is 1. The first kappa shape index (κ1) is 15.5. The monoisotopic (exact) mass is 356 g/mol. The van der Waals surface area contributed by atoms with E-state index in [0.717, 1.165) is 22.8 Å². The Kier molecular flexibility index (Phi) is 4.52. The van der Waals surface area contributed by atoms with Crippen LogP contribution in [0.4, 0.5) is 0 Å². The molecule has 4 N–H and O–H groups in total. The van der Waals surface area contributed by atoms with Crippen molar-refractivity contribution in [2.75, 3.05) is 5.75 Å². The van der Waals surface area contributed by atoms with Crippen LogP contribution in [0.1, 0.15) is 6.42 Å². The normalized spacial score (nSPS) is 23.3. The van der Waals surface area contributed by atoms with E-state index in [4.69, 9.17) is 28.9 Å². The molecule has 2 unspecified atom stereocenters. The minimum atomic E-state index is -0.280. The number of allylic oxidation sites excluding steroid dienone is 1. The molecule has 0 spiro atoms. The lowest BCUT2D eigenvalue weighted by atomic mass is 10.1. The van der Waals surface area contributed by atoms with Crippen molar-refractivity contribution < 1.29 is 4.79 Å². The van der Waals surface area contributed by atoms with Gasteiger partial charge in [-0.05, 0) is 30.7 Å². The number of benzene rings is 1. The summed E-state index contributed by atoms with van der Waals surface area (Å²) in [5.74, 6) is 0.629. The standard InChI is InChI=1S/C14H14Cl2N4OS/c15-10-2-1-8(6-11(10)16)22-4-3-7-5-9-12(18-7)19-14(17)20-13(9)21/h1-2,5-6,9,12,18H,3-4H2,(H3,17,19,20,21). The highest BCUT2D eigenvalue weighted by molar-refractivity contribution is 7.99. The summed E-state index contributed by atoms with van der Waals surface area (Å²) in [4.78, 5) is 17.1. The zero-order valence-corrected chi connectivity index (χ0v) is 13.8. The molecule has 1 aromatic carbocycles. The largest absolute Gasteiger partial charge is 0.370 e. The summed E-state index contributed by atoms with van der Waals surface area (Å²) in [6, 6.07) is 5.58. The van der Waals surface area contributed by atoms with Gasteiger partial charge in [0.25, 0.3) is 0 Å². The molecule has 2 aliphatic rings. The van der Waals surface area contributed by atoms with Gasteiger partial charge in [0, 0.05) is 16.3 Å². The number of thioether (sulfide) groups is 1. The van der Waals surface area contributed by atoms with Crippen LogP contribution >= 0.6 is 35.0 Å². The molecule has 0 aliphatic carbocycles. The minimum Gasteiger partial charge on any atom is -0.370 e. The Morgan fingerprint density at radius 3 is 2.91 bits per heavy atom. The third-order valence-electron chi connectivity index (χ3n) is 3.42. The highest BCUT2D eigenvalue weighted by atomic mass is 35.5. The molecule has 1 aromatic rings. The van der Waals surface area contributed by atoms with E-state index in [1.54, 1.807) is 17.8 Å². The summed E-state index contributed by atoms with van der Waals surface area (Å²) in [5.41, 5.74) is 6.57. The topological polar surface area (TPSA) is 79.5 Å². The van der Waals surface area contributed by atoms with Gasteiger partial charge < -0.3 is 11.1 Å². The van der Waals surface area contributed by atoms with Gasteiger partial charge >= 0.3 is 0 Å². The number of rotatable bonds is 4. The van der Waals surface area contributed by atoms with Gasteiger partial charge in [0.1, 0.15) is 6.17 Å². The quantitative estimate of drug-likeness (QED) is 0.723. The molecule has 0 saturated heterocycles. The van der Waals surface area contributed by atoms with Crippen molar-refractivity contribution in [2.45, 2.75) is 17.5 Å². The molecule has 0 radical (unpaired) electrons. The number of hydrogen-bond donors (Lipinski definition) is 3.